The highest BCUT2D eigenvalue weighted by Crippen LogP contribution is 2.17. The Labute approximate surface area is 251 Å². The monoisotopic (exact) mass is 545 g/mol. The van der Waals surface area contributed by atoms with Crippen molar-refractivity contribution in [3.8, 4) is 0 Å². The van der Waals surface area contributed by atoms with Crippen LogP contribution in [-0.4, -0.2) is 0 Å². The van der Waals surface area contributed by atoms with E-state index in [1.165, 1.54) is 73.7 Å². The van der Waals surface area contributed by atoms with Crippen LogP contribution in [0.25, 0.3) is 0 Å². The summed E-state index contributed by atoms with van der Waals surface area (Å²) in [6.45, 7) is 22.6. The minimum Gasteiger partial charge on any atom is -0.0840 e. The molecule has 0 aliphatic heterocycles. The Balaban J connectivity index is 4.49. The topological polar surface area (TPSA) is 0 Å². The molecule has 2 unspecified atom stereocenters. The molecule has 0 saturated carbocycles. The summed E-state index contributed by atoms with van der Waals surface area (Å²) in [5.41, 5.74) is 5.07. The summed E-state index contributed by atoms with van der Waals surface area (Å²) in [6, 6.07) is 0. The van der Waals surface area contributed by atoms with Crippen molar-refractivity contribution in [2.75, 3.05) is 0 Å². The second-order valence-corrected chi connectivity index (χ2v) is 12.9. The van der Waals surface area contributed by atoms with Gasteiger partial charge in [0.15, 0.2) is 0 Å². The van der Waals surface area contributed by atoms with Gasteiger partial charge in [-0.15, -0.1) is 0 Å². The van der Waals surface area contributed by atoms with Crippen LogP contribution < -0.4 is 0 Å². The van der Waals surface area contributed by atoms with Crippen LogP contribution in [0.4, 0.5) is 0 Å². The maximum Gasteiger partial charge on any atom is -0.0322 e. The van der Waals surface area contributed by atoms with E-state index in [4.69, 9.17) is 0 Å². The summed E-state index contributed by atoms with van der Waals surface area (Å²) in [7, 11) is 0. The normalized spacial score (nSPS) is 16.4. The second kappa shape index (κ2) is 24.5. The lowest BCUT2D eigenvalue weighted by molar-refractivity contribution is 0.460. The van der Waals surface area contributed by atoms with Crippen LogP contribution in [-0.2, 0) is 0 Å². The molecule has 0 amide bonds. The molecule has 0 rings (SSSR count). The number of allylic oxidation sites excluding steroid dienone is 18. The van der Waals surface area contributed by atoms with E-state index in [9.17, 15) is 0 Å². The lowest BCUT2D eigenvalue weighted by Gasteiger charge is -2.09. The molecule has 0 spiro atoms. The third-order valence-corrected chi connectivity index (χ3v) is 7.06. The van der Waals surface area contributed by atoms with Gasteiger partial charge in [0.05, 0.1) is 0 Å². The zero-order chi connectivity index (χ0) is 30.2. The van der Waals surface area contributed by atoms with Crippen LogP contribution in [0.2, 0.25) is 0 Å². The molecule has 0 aromatic heterocycles. The smallest absolute Gasteiger partial charge is 0.0322 e. The van der Waals surface area contributed by atoms with E-state index >= 15 is 0 Å². The van der Waals surface area contributed by atoms with Crippen molar-refractivity contribution >= 4 is 0 Å². The molecule has 0 aliphatic rings. The SMILES string of the molecule is CC(/C=C/C=C(C)/C=C/CC(C)CCCC(C)C)=C\C=C\C=C(C)\C=C\C=C(C)\C=C\CC(C)CCCC(C)C. The molecule has 0 aromatic carbocycles. The summed E-state index contributed by atoms with van der Waals surface area (Å²) in [6.07, 6.45) is 41.1. The fourth-order valence-electron chi connectivity index (χ4n) is 4.30. The van der Waals surface area contributed by atoms with Gasteiger partial charge in [-0.2, -0.15) is 0 Å². The maximum absolute atomic E-state index is 2.37. The first kappa shape index (κ1) is 37.7. The van der Waals surface area contributed by atoms with Crippen molar-refractivity contribution < 1.29 is 0 Å². The van der Waals surface area contributed by atoms with E-state index in [1.807, 2.05) is 0 Å². The average Bonchev–Trinajstić information content (AvgIpc) is 2.86. The van der Waals surface area contributed by atoms with Gasteiger partial charge in [-0.25, -0.2) is 0 Å². The Bertz CT molecular complexity index is 841. The van der Waals surface area contributed by atoms with Crippen molar-refractivity contribution in [3.63, 3.8) is 0 Å². The van der Waals surface area contributed by atoms with Crippen molar-refractivity contribution in [1.29, 1.82) is 0 Å². The minimum absolute atomic E-state index is 0.772. The first-order valence-electron chi connectivity index (χ1n) is 16.0. The predicted molar refractivity (Wildman–Crippen MR) is 186 cm³/mol. The van der Waals surface area contributed by atoms with Crippen LogP contribution in [0, 0.1) is 23.7 Å². The highest BCUT2D eigenvalue weighted by Gasteiger charge is 2.02. The van der Waals surface area contributed by atoms with E-state index in [0.29, 0.717) is 0 Å². The van der Waals surface area contributed by atoms with Gasteiger partial charge in [0.25, 0.3) is 0 Å². The Morgan fingerprint density at radius 2 is 0.750 bits per heavy atom. The third kappa shape index (κ3) is 25.9. The quantitative estimate of drug-likeness (QED) is 0.134. The van der Waals surface area contributed by atoms with Gasteiger partial charge < -0.3 is 0 Å². The molecular formula is C40H64. The van der Waals surface area contributed by atoms with Gasteiger partial charge in [-0.05, 0) is 64.2 Å². The molecular weight excluding hydrogens is 480 g/mol. The fraction of sp³-hybridized carbons (Fsp3) is 0.550. The lowest BCUT2D eigenvalue weighted by atomic mass is 9.97. The number of hydrogen-bond donors (Lipinski definition) is 0. The molecule has 0 nitrogen and oxygen atoms in total. The number of hydrogen-bond acceptors (Lipinski definition) is 0. The van der Waals surface area contributed by atoms with Gasteiger partial charge in [-0.1, -0.05) is 187 Å². The van der Waals surface area contributed by atoms with Crippen molar-refractivity contribution in [1.82, 2.24) is 0 Å². The molecule has 0 aromatic rings. The summed E-state index contributed by atoms with van der Waals surface area (Å²) < 4.78 is 0. The summed E-state index contributed by atoms with van der Waals surface area (Å²) in [5.74, 6) is 3.19. The van der Waals surface area contributed by atoms with E-state index in [2.05, 4.69) is 154 Å². The first-order valence-corrected chi connectivity index (χ1v) is 16.0. The highest BCUT2D eigenvalue weighted by molar-refractivity contribution is 5.31. The first-order chi connectivity index (χ1) is 19.0. The van der Waals surface area contributed by atoms with Gasteiger partial charge in [0, 0.05) is 0 Å². The molecule has 0 bridgehead atoms. The molecule has 0 radical (unpaired) electrons. The van der Waals surface area contributed by atoms with Crippen molar-refractivity contribution in [2.24, 2.45) is 23.7 Å². The van der Waals surface area contributed by atoms with Crippen molar-refractivity contribution in [3.05, 3.63) is 107 Å². The fourth-order valence-corrected chi connectivity index (χ4v) is 4.30. The highest BCUT2D eigenvalue weighted by atomic mass is 14.1. The zero-order valence-electron chi connectivity index (χ0n) is 28.0. The molecule has 0 heterocycles. The molecule has 0 heteroatoms. The van der Waals surface area contributed by atoms with Crippen LogP contribution in [0.1, 0.15) is 121 Å². The van der Waals surface area contributed by atoms with E-state index < -0.39 is 0 Å². The Morgan fingerprint density at radius 3 is 1.10 bits per heavy atom. The lowest BCUT2D eigenvalue weighted by Crippen LogP contribution is -1.95. The van der Waals surface area contributed by atoms with E-state index in [0.717, 1.165) is 23.7 Å². The van der Waals surface area contributed by atoms with Crippen molar-refractivity contribution in [2.45, 2.75) is 121 Å². The Hall–Kier alpha value is -2.34. The largest absolute Gasteiger partial charge is 0.0840 e. The maximum atomic E-state index is 2.37. The van der Waals surface area contributed by atoms with Crippen LogP contribution in [0.3, 0.4) is 0 Å². The summed E-state index contributed by atoms with van der Waals surface area (Å²) in [5, 5.41) is 0. The molecule has 0 N–H and O–H groups in total. The molecule has 0 aliphatic carbocycles. The van der Waals surface area contributed by atoms with Crippen LogP contribution in [0.15, 0.2) is 107 Å². The third-order valence-electron chi connectivity index (χ3n) is 7.06. The van der Waals surface area contributed by atoms with Gasteiger partial charge >= 0.3 is 0 Å². The summed E-state index contributed by atoms with van der Waals surface area (Å²) in [4.78, 5) is 0. The Kier molecular flexibility index (Phi) is 23.0. The molecule has 0 fully saturated rings. The molecule has 224 valence electrons. The van der Waals surface area contributed by atoms with E-state index in [1.54, 1.807) is 0 Å². The standard InChI is InChI=1S/C40H64/c1-33(2)19-13-23-37(7)27-17-31-39(9)29-15-25-35(5)21-11-12-22-36(6)26-16-30-40(10)32-18-28-38(8)24-14-20-34(3)4/h11-12,15-18,21-22,25-26,29-34,37-38H,13-14,19-20,23-24,27-28H2,1-10H3/b12-11+,25-15+,26-16+,31-17+,32-18+,35-21+,36-22+,39-29+,40-30+. The number of rotatable bonds is 20. The molecule has 40 heavy (non-hydrogen) atoms. The molecule has 2 atom stereocenters. The Morgan fingerprint density at radius 1 is 0.425 bits per heavy atom. The molecule has 0 saturated heterocycles. The van der Waals surface area contributed by atoms with Gasteiger partial charge in [-0.3, -0.25) is 0 Å². The van der Waals surface area contributed by atoms with Gasteiger partial charge in [0.2, 0.25) is 0 Å². The summed E-state index contributed by atoms with van der Waals surface area (Å²) >= 11 is 0. The van der Waals surface area contributed by atoms with Crippen LogP contribution in [0.5, 0.6) is 0 Å². The average molecular weight is 545 g/mol. The van der Waals surface area contributed by atoms with Gasteiger partial charge in [0.1, 0.15) is 0 Å². The minimum atomic E-state index is 0.772. The zero-order valence-corrected chi connectivity index (χ0v) is 28.0. The van der Waals surface area contributed by atoms with E-state index in [-0.39, 0.29) is 0 Å². The van der Waals surface area contributed by atoms with Crippen LogP contribution >= 0.6 is 0 Å². The predicted octanol–water partition coefficient (Wildman–Crippen LogP) is 13.3. The second-order valence-electron chi connectivity index (χ2n) is 12.9.